The van der Waals surface area contributed by atoms with Gasteiger partial charge in [0.1, 0.15) is 0 Å². The Morgan fingerprint density at radius 1 is 1.21 bits per heavy atom. The van der Waals surface area contributed by atoms with Crippen molar-refractivity contribution in [2.75, 3.05) is 5.73 Å². The third kappa shape index (κ3) is 2.23. The minimum Gasteiger partial charge on any atom is -0.380 e. The molecule has 6 heteroatoms. The Bertz CT molecular complexity index is 722. The lowest BCUT2D eigenvalue weighted by atomic mass is 10.1. The number of anilines is 1. The van der Waals surface area contributed by atoms with Gasteiger partial charge in [0, 0.05) is 15.5 Å². The summed E-state index contributed by atoms with van der Waals surface area (Å²) in [5.74, 6) is 0.876. The molecule has 0 aliphatic heterocycles. The minimum absolute atomic E-state index is 0.341. The molecule has 0 amide bonds. The molecule has 1 aromatic carbocycles. The summed E-state index contributed by atoms with van der Waals surface area (Å²) in [6.07, 6.45) is 0. The summed E-state index contributed by atoms with van der Waals surface area (Å²) in [5.41, 5.74) is 7.32. The molecule has 0 fully saturated rings. The number of aromatic nitrogens is 1. The largest absolute Gasteiger partial charge is 0.380 e. The molecule has 0 bridgehead atoms. The van der Waals surface area contributed by atoms with Gasteiger partial charge in [0.25, 0.3) is 0 Å². The van der Waals surface area contributed by atoms with E-state index in [1.807, 2.05) is 17.5 Å². The molecule has 2 aromatic heterocycles. The summed E-state index contributed by atoms with van der Waals surface area (Å²) in [4.78, 5) is 0.977. The lowest BCUT2D eigenvalue weighted by molar-refractivity contribution is 0.436. The van der Waals surface area contributed by atoms with Gasteiger partial charge in [0.05, 0.1) is 10.6 Å². The number of nitrogen functional groups attached to an aromatic ring is 1. The molecule has 0 unspecified atom stereocenters. The van der Waals surface area contributed by atoms with Gasteiger partial charge >= 0.3 is 0 Å². The molecule has 3 aromatic rings. The van der Waals surface area contributed by atoms with E-state index in [4.69, 9.17) is 33.5 Å². The molecule has 3 nitrogen and oxygen atoms in total. The molecule has 19 heavy (non-hydrogen) atoms. The highest BCUT2D eigenvalue weighted by atomic mass is 35.5. The Morgan fingerprint density at radius 3 is 2.79 bits per heavy atom. The summed E-state index contributed by atoms with van der Waals surface area (Å²) in [5, 5.41) is 6.91. The minimum atomic E-state index is 0.341. The number of benzene rings is 1. The van der Waals surface area contributed by atoms with Crippen molar-refractivity contribution in [1.29, 1.82) is 0 Å². The first-order valence-electron chi connectivity index (χ1n) is 5.41. The van der Waals surface area contributed by atoms with Crippen LogP contribution in [0.2, 0.25) is 10.0 Å². The van der Waals surface area contributed by atoms with Gasteiger partial charge in [-0.25, -0.2) is 0 Å². The maximum atomic E-state index is 6.19. The number of nitrogens with two attached hydrogens (primary N) is 1. The number of halogens is 2. The molecule has 0 radical (unpaired) electrons. The van der Waals surface area contributed by atoms with E-state index < -0.39 is 0 Å². The van der Waals surface area contributed by atoms with Gasteiger partial charge in [-0.2, -0.15) is 0 Å². The van der Waals surface area contributed by atoms with Crippen LogP contribution in [0, 0.1) is 0 Å². The molecule has 2 N–H and O–H groups in total. The van der Waals surface area contributed by atoms with E-state index in [0.29, 0.717) is 27.2 Å². The summed E-state index contributed by atoms with van der Waals surface area (Å²) in [7, 11) is 0. The highest BCUT2D eigenvalue weighted by Crippen LogP contribution is 2.41. The van der Waals surface area contributed by atoms with Crippen LogP contribution >= 0.6 is 34.5 Å². The molecule has 3 rings (SSSR count). The third-order valence-corrected chi connectivity index (χ3v) is 4.11. The average molecular weight is 311 g/mol. The predicted octanol–water partition coefficient (Wildman–Crippen LogP) is 4.96. The average Bonchev–Trinajstić information content (AvgIpc) is 3.01. The number of rotatable bonds is 2. The number of nitrogens with zero attached hydrogens (tertiary/aromatic N) is 1. The Morgan fingerprint density at radius 2 is 2.05 bits per heavy atom. The van der Waals surface area contributed by atoms with E-state index in [-0.39, 0.29) is 0 Å². The van der Waals surface area contributed by atoms with Crippen LogP contribution < -0.4 is 5.73 Å². The van der Waals surface area contributed by atoms with Crippen LogP contribution in [0.4, 0.5) is 5.82 Å². The lowest BCUT2D eigenvalue weighted by Gasteiger charge is -2.03. The molecule has 0 aliphatic rings. The van der Waals surface area contributed by atoms with Crippen LogP contribution in [0.3, 0.4) is 0 Å². The Labute approximate surface area is 123 Å². The summed E-state index contributed by atoms with van der Waals surface area (Å²) < 4.78 is 5.33. The van der Waals surface area contributed by atoms with Crippen molar-refractivity contribution < 1.29 is 4.52 Å². The van der Waals surface area contributed by atoms with Crippen molar-refractivity contribution in [3.63, 3.8) is 0 Å². The van der Waals surface area contributed by atoms with Crippen LogP contribution in [-0.2, 0) is 0 Å². The number of hydrogen-bond acceptors (Lipinski definition) is 4. The van der Waals surface area contributed by atoms with Gasteiger partial charge in [0.15, 0.2) is 11.6 Å². The Kier molecular flexibility index (Phi) is 3.22. The van der Waals surface area contributed by atoms with Crippen molar-refractivity contribution in [2.24, 2.45) is 0 Å². The smallest absolute Gasteiger partial charge is 0.179 e. The van der Waals surface area contributed by atoms with Crippen LogP contribution in [-0.4, -0.2) is 5.16 Å². The maximum absolute atomic E-state index is 6.19. The maximum Gasteiger partial charge on any atom is 0.179 e. The molecule has 0 saturated heterocycles. The summed E-state index contributed by atoms with van der Waals surface area (Å²) in [6.45, 7) is 0. The molecule has 96 valence electrons. The fourth-order valence-corrected chi connectivity index (χ4v) is 2.97. The van der Waals surface area contributed by atoms with Crippen molar-refractivity contribution >= 4 is 40.4 Å². The number of thiophene rings is 1. The van der Waals surface area contributed by atoms with E-state index in [9.17, 15) is 0 Å². The molecule has 0 atom stereocenters. The van der Waals surface area contributed by atoms with Gasteiger partial charge < -0.3 is 10.3 Å². The molecular weight excluding hydrogens is 303 g/mol. The van der Waals surface area contributed by atoms with E-state index in [0.717, 1.165) is 10.4 Å². The molecular formula is C13H8Cl2N2OS. The predicted molar refractivity (Wildman–Crippen MR) is 79.7 cm³/mol. The quantitative estimate of drug-likeness (QED) is 0.728. The fraction of sp³-hybridized carbons (Fsp3) is 0. The standard InChI is InChI=1S/C13H8Cl2N2OS/c14-7-3-4-9(15)8(6-7)12-11(13(16)17-18-12)10-2-1-5-19-10/h1-6H,(H2,16,17). The second-order valence-corrected chi connectivity index (χ2v) is 5.66. The van der Waals surface area contributed by atoms with Crippen LogP contribution in [0.25, 0.3) is 21.8 Å². The SMILES string of the molecule is Nc1noc(-c2cc(Cl)ccc2Cl)c1-c1cccs1. The number of hydrogen-bond donors (Lipinski definition) is 1. The van der Waals surface area contributed by atoms with Gasteiger partial charge in [-0.3, -0.25) is 0 Å². The zero-order valence-corrected chi connectivity index (χ0v) is 11.9. The molecule has 0 aliphatic carbocycles. The van der Waals surface area contributed by atoms with Crippen LogP contribution in [0.5, 0.6) is 0 Å². The zero-order valence-electron chi connectivity index (χ0n) is 9.56. The second kappa shape index (κ2) is 4.89. The van der Waals surface area contributed by atoms with Crippen molar-refractivity contribution in [2.45, 2.75) is 0 Å². The van der Waals surface area contributed by atoms with E-state index >= 15 is 0 Å². The van der Waals surface area contributed by atoms with Gasteiger partial charge in [-0.05, 0) is 29.6 Å². The lowest BCUT2D eigenvalue weighted by Crippen LogP contribution is -1.87. The summed E-state index contributed by atoms with van der Waals surface area (Å²) >= 11 is 13.7. The van der Waals surface area contributed by atoms with Gasteiger partial charge in [0.2, 0.25) is 0 Å². The monoisotopic (exact) mass is 310 g/mol. The van der Waals surface area contributed by atoms with Crippen molar-refractivity contribution in [1.82, 2.24) is 5.16 Å². The fourth-order valence-electron chi connectivity index (χ4n) is 1.82. The van der Waals surface area contributed by atoms with Gasteiger partial charge in [-0.15, -0.1) is 11.3 Å². The third-order valence-electron chi connectivity index (χ3n) is 2.66. The van der Waals surface area contributed by atoms with Crippen molar-refractivity contribution in [3.05, 3.63) is 45.8 Å². The Hall–Kier alpha value is -1.49. The first-order chi connectivity index (χ1) is 9.16. The molecule has 0 spiro atoms. The first kappa shape index (κ1) is 12.5. The van der Waals surface area contributed by atoms with Gasteiger partial charge in [-0.1, -0.05) is 34.4 Å². The van der Waals surface area contributed by atoms with Crippen LogP contribution in [0.15, 0.2) is 40.2 Å². The van der Waals surface area contributed by atoms with E-state index in [1.54, 1.807) is 29.5 Å². The molecule has 0 saturated carbocycles. The van der Waals surface area contributed by atoms with E-state index in [2.05, 4.69) is 5.16 Å². The van der Waals surface area contributed by atoms with E-state index in [1.165, 1.54) is 0 Å². The topological polar surface area (TPSA) is 52.0 Å². The highest BCUT2D eigenvalue weighted by molar-refractivity contribution is 7.13. The second-order valence-electron chi connectivity index (χ2n) is 3.87. The molecule has 2 heterocycles. The first-order valence-corrected chi connectivity index (χ1v) is 7.05. The highest BCUT2D eigenvalue weighted by Gasteiger charge is 2.20. The van der Waals surface area contributed by atoms with Crippen molar-refractivity contribution in [3.8, 4) is 21.8 Å². The zero-order chi connectivity index (χ0) is 13.4. The normalized spacial score (nSPS) is 10.8. The van der Waals surface area contributed by atoms with Crippen LogP contribution in [0.1, 0.15) is 0 Å². The summed E-state index contributed by atoms with van der Waals surface area (Å²) in [6, 6.07) is 9.07. The Balaban J connectivity index is 2.24.